The second-order valence-corrected chi connectivity index (χ2v) is 3.45. The highest BCUT2D eigenvalue weighted by Crippen LogP contribution is 2.24. The molecule has 0 N–H and O–H groups in total. The molecule has 4 heteroatoms. The van der Waals surface area contributed by atoms with E-state index in [9.17, 15) is 4.39 Å². The molecule has 0 aliphatic heterocycles. The molecule has 0 spiro atoms. The zero-order chi connectivity index (χ0) is 11.5. The van der Waals surface area contributed by atoms with Crippen LogP contribution in [0.5, 0.6) is 5.75 Å². The van der Waals surface area contributed by atoms with Crippen LogP contribution in [0.2, 0.25) is 0 Å². The molecule has 76 valence electrons. The Bertz CT molecular complexity index is 455. The Labute approximate surface area is 87.3 Å². The molecule has 0 fully saturated rings. The van der Waals surface area contributed by atoms with Gasteiger partial charge in [0.25, 0.3) is 0 Å². The highest BCUT2D eigenvalue weighted by atomic mass is 19.1. The van der Waals surface area contributed by atoms with Gasteiger partial charge >= 0.3 is 0 Å². The predicted octanol–water partition coefficient (Wildman–Crippen LogP) is 2.38. The van der Waals surface area contributed by atoms with E-state index in [2.05, 4.69) is 0 Å². The van der Waals surface area contributed by atoms with E-state index in [4.69, 9.17) is 15.3 Å². The first kappa shape index (κ1) is 11.0. The Kier molecular flexibility index (Phi) is 2.92. The Balaban J connectivity index is 3.13. The summed E-state index contributed by atoms with van der Waals surface area (Å²) in [6.07, 6.45) is 0. The standard InChI is InChI=1S/C11H9FN2O/c1-11(2,7-14)15-10-5-3-4-9(12)8(10)6-13/h3-5H,1-2H3. The van der Waals surface area contributed by atoms with E-state index < -0.39 is 11.4 Å². The van der Waals surface area contributed by atoms with E-state index in [0.29, 0.717) is 0 Å². The molecule has 0 unspecified atom stereocenters. The topological polar surface area (TPSA) is 56.8 Å². The highest BCUT2D eigenvalue weighted by Gasteiger charge is 2.21. The third kappa shape index (κ3) is 2.45. The van der Waals surface area contributed by atoms with Crippen molar-refractivity contribution in [2.45, 2.75) is 19.4 Å². The Morgan fingerprint density at radius 3 is 2.53 bits per heavy atom. The molecule has 0 heterocycles. The lowest BCUT2D eigenvalue weighted by Gasteiger charge is -2.18. The largest absolute Gasteiger partial charge is 0.472 e. The number of hydrogen-bond acceptors (Lipinski definition) is 3. The third-order valence-corrected chi connectivity index (χ3v) is 1.72. The lowest BCUT2D eigenvalue weighted by molar-refractivity contribution is 0.168. The van der Waals surface area contributed by atoms with Gasteiger partial charge in [-0.25, -0.2) is 4.39 Å². The maximum atomic E-state index is 13.1. The van der Waals surface area contributed by atoms with Crippen LogP contribution >= 0.6 is 0 Å². The molecule has 15 heavy (non-hydrogen) atoms. The molecule has 0 saturated heterocycles. The van der Waals surface area contributed by atoms with Gasteiger partial charge in [-0.15, -0.1) is 0 Å². The van der Waals surface area contributed by atoms with Crippen molar-refractivity contribution in [1.29, 1.82) is 10.5 Å². The molecule has 1 rings (SSSR count). The second-order valence-electron chi connectivity index (χ2n) is 3.45. The maximum Gasteiger partial charge on any atom is 0.188 e. The second kappa shape index (κ2) is 3.98. The Morgan fingerprint density at radius 1 is 1.33 bits per heavy atom. The molecule has 0 bridgehead atoms. The summed E-state index contributed by atoms with van der Waals surface area (Å²) < 4.78 is 18.4. The molecular formula is C11H9FN2O. The van der Waals surface area contributed by atoms with Gasteiger partial charge in [0, 0.05) is 0 Å². The van der Waals surface area contributed by atoms with Crippen LogP contribution in [0.3, 0.4) is 0 Å². The van der Waals surface area contributed by atoms with Crippen molar-refractivity contribution in [3.8, 4) is 17.9 Å². The smallest absolute Gasteiger partial charge is 0.188 e. The van der Waals surface area contributed by atoms with E-state index in [0.717, 1.165) is 0 Å². The summed E-state index contributed by atoms with van der Waals surface area (Å²) in [5.74, 6) is -0.562. The van der Waals surface area contributed by atoms with Gasteiger partial charge in [-0.3, -0.25) is 0 Å². The van der Waals surface area contributed by atoms with E-state index in [1.165, 1.54) is 18.2 Å². The number of ether oxygens (including phenoxy) is 1. The monoisotopic (exact) mass is 204 g/mol. The molecule has 0 aliphatic carbocycles. The molecular weight excluding hydrogens is 195 g/mol. The molecule has 0 aromatic heterocycles. The molecule has 0 saturated carbocycles. The van der Waals surface area contributed by atoms with Crippen molar-refractivity contribution < 1.29 is 9.13 Å². The molecule has 0 radical (unpaired) electrons. The van der Waals surface area contributed by atoms with Gasteiger partial charge in [0.15, 0.2) is 5.60 Å². The summed E-state index contributed by atoms with van der Waals surface area (Å²) in [6, 6.07) is 7.67. The minimum atomic E-state index is -1.08. The average molecular weight is 204 g/mol. The lowest BCUT2D eigenvalue weighted by Crippen LogP contribution is -2.26. The van der Waals surface area contributed by atoms with Crippen molar-refractivity contribution in [3.05, 3.63) is 29.6 Å². The minimum Gasteiger partial charge on any atom is -0.472 e. The minimum absolute atomic E-state index is 0.0871. The van der Waals surface area contributed by atoms with Crippen LogP contribution in [0.25, 0.3) is 0 Å². The normalized spacial score (nSPS) is 10.2. The quantitative estimate of drug-likeness (QED) is 0.743. The van der Waals surface area contributed by atoms with Crippen LogP contribution in [0.4, 0.5) is 4.39 Å². The molecule has 0 aliphatic rings. The van der Waals surface area contributed by atoms with Crippen molar-refractivity contribution >= 4 is 0 Å². The molecule has 1 aromatic rings. The fourth-order valence-electron chi connectivity index (χ4n) is 0.996. The first-order chi connectivity index (χ1) is 7.00. The molecule has 1 aromatic carbocycles. The number of rotatable bonds is 2. The van der Waals surface area contributed by atoms with E-state index in [-0.39, 0.29) is 11.3 Å². The zero-order valence-electron chi connectivity index (χ0n) is 8.41. The van der Waals surface area contributed by atoms with Crippen molar-refractivity contribution in [2.75, 3.05) is 0 Å². The summed E-state index contributed by atoms with van der Waals surface area (Å²) in [5, 5.41) is 17.5. The fraction of sp³-hybridized carbons (Fsp3) is 0.273. The summed E-state index contributed by atoms with van der Waals surface area (Å²) >= 11 is 0. The van der Waals surface area contributed by atoms with Gasteiger partial charge in [-0.05, 0) is 26.0 Å². The van der Waals surface area contributed by atoms with Crippen molar-refractivity contribution in [1.82, 2.24) is 0 Å². The maximum absolute atomic E-state index is 13.1. The summed E-state index contributed by atoms with van der Waals surface area (Å²) in [7, 11) is 0. The number of halogens is 1. The van der Waals surface area contributed by atoms with Gasteiger partial charge in [0.2, 0.25) is 0 Å². The Morgan fingerprint density at radius 2 is 2.00 bits per heavy atom. The van der Waals surface area contributed by atoms with Gasteiger partial charge in [0.1, 0.15) is 29.3 Å². The zero-order valence-corrected chi connectivity index (χ0v) is 8.41. The number of nitriles is 2. The summed E-state index contributed by atoms with van der Waals surface area (Å²) in [5.41, 5.74) is -1.26. The molecule has 3 nitrogen and oxygen atoms in total. The van der Waals surface area contributed by atoms with Gasteiger partial charge in [-0.2, -0.15) is 10.5 Å². The van der Waals surface area contributed by atoms with Crippen molar-refractivity contribution in [3.63, 3.8) is 0 Å². The third-order valence-electron chi connectivity index (χ3n) is 1.72. The van der Waals surface area contributed by atoms with Crippen LogP contribution in [-0.4, -0.2) is 5.60 Å². The number of nitrogens with zero attached hydrogens (tertiary/aromatic N) is 2. The van der Waals surface area contributed by atoms with Gasteiger partial charge in [-0.1, -0.05) is 6.07 Å². The SMILES string of the molecule is CC(C)(C#N)Oc1cccc(F)c1C#N. The van der Waals surface area contributed by atoms with Crippen molar-refractivity contribution in [2.24, 2.45) is 0 Å². The Hall–Kier alpha value is -2.07. The van der Waals surface area contributed by atoms with Gasteiger partial charge < -0.3 is 4.74 Å². The van der Waals surface area contributed by atoms with Gasteiger partial charge in [0.05, 0.1) is 0 Å². The van der Waals surface area contributed by atoms with Crippen LogP contribution in [0, 0.1) is 28.5 Å². The molecule has 0 atom stereocenters. The lowest BCUT2D eigenvalue weighted by atomic mass is 10.1. The summed E-state index contributed by atoms with van der Waals surface area (Å²) in [4.78, 5) is 0. The first-order valence-corrected chi connectivity index (χ1v) is 4.29. The predicted molar refractivity (Wildman–Crippen MR) is 51.4 cm³/mol. The highest BCUT2D eigenvalue weighted by molar-refractivity contribution is 5.44. The van der Waals surface area contributed by atoms with Crippen LogP contribution < -0.4 is 4.74 Å². The number of hydrogen-bond donors (Lipinski definition) is 0. The van der Waals surface area contributed by atoms with Crippen LogP contribution in [0.1, 0.15) is 19.4 Å². The van der Waals surface area contributed by atoms with E-state index in [1.807, 2.05) is 6.07 Å². The summed E-state index contributed by atoms with van der Waals surface area (Å²) in [6.45, 7) is 3.08. The molecule has 0 amide bonds. The average Bonchev–Trinajstić information content (AvgIpc) is 2.18. The van der Waals surface area contributed by atoms with Crippen LogP contribution in [0.15, 0.2) is 18.2 Å². The van der Waals surface area contributed by atoms with E-state index in [1.54, 1.807) is 19.9 Å². The first-order valence-electron chi connectivity index (χ1n) is 4.29. The fourth-order valence-corrected chi connectivity index (χ4v) is 0.996. The van der Waals surface area contributed by atoms with Crippen LogP contribution in [-0.2, 0) is 0 Å². The number of benzene rings is 1. The van der Waals surface area contributed by atoms with E-state index >= 15 is 0 Å².